The van der Waals surface area contributed by atoms with Crippen molar-refractivity contribution in [1.29, 1.82) is 0 Å². The van der Waals surface area contributed by atoms with Gasteiger partial charge in [-0.05, 0) is 66.9 Å². The lowest BCUT2D eigenvalue weighted by Gasteiger charge is -2.47. The minimum atomic E-state index is -0.262. The Morgan fingerprint density at radius 2 is 1.56 bits per heavy atom. The number of aromatic amines is 1. The van der Waals surface area contributed by atoms with Gasteiger partial charge in [-0.2, -0.15) is 0 Å². The molecule has 4 nitrogen and oxygen atoms in total. The molecule has 164 valence electrons. The summed E-state index contributed by atoms with van der Waals surface area (Å²) in [7, 11) is 0. The number of amides is 1. The third kappa shape index (κ3) is 2.40. The summed E-state index contributed by atoms with van der Waals surface area (Å²) in [6.07, 6.45) is 3.80. The number of fused-ring (bicyclic) bond motifs is 7. The molecule has 0 bridgehead atoms. The van der Waals surface area contributed by atoms with Crippen molar-refractivity contribution in [1.82, 2.24) is 9.88 Å². The van der Waals surface area contributed by atoms with Gasteiger partial charge in [-0.3, -0.25) is 9.69 Å². The minimum absolute atomic E-state index is 0.0331. The minimum Gasteiger partial charge on any atom is -0.354 e. The fourth-order valence-electron chi connectivity index (χ4n) is 5.85. The maximum absolute atomic E-state index is 13.7. The van der Waals surface area contributed by atoms with Gasteiger partial charge in [0, 0.05) is 33.7 Å². The molecule has 0 fully saturated rings. The first-order chi connectivity index (χ1) is 16.6. The largest absolute Gasteiger partial charge is 0.354 e. The first kappa shape index (κ1) is 19.2. The van der Waals surface area contributed by atoms with Crippen LogP contribution in [0.4, 0.5) is 11.4 Å². The van der Waals surface area contributed by atoms with Crippen LogP contribution in [0.1, 0.15) is 38.8 Å². The highest BCUT2D eigenvalue weighted by molar-refractivity contribution is 6.12. The van der Waals surface area contributed by atoms with Crippen LogP contribution in [0, 0.1) is 13.8 Å². The SMILES string of the molecule is Cc1c2c(c(C)c3c1[nH]c1ccccc13)C1N(C=C2)C(=O)c2ccccc2N1c1ccccc1. The van der Waals surface area contributed by atoms with Gasteiger partial charge in [0.25, 0.3) is 5.91 Å². The number of hydrogen-bond donors (Lipinski definition) is 1. The van der Waals surface area contributed by atoms with Crippen molar-refractivity contribution in [3.05, 3.63) is 113 Å². The van der Waals surface area contributed by atoms with Crippen LogP contribution in [0.2, 0.25) is 0 Å². The second-order valence-corrected chi connectivity index (χ2v) is 9.12. The van der Waals surface area contributed by atoms with E-state index in [4.69, 9.17) is 0 Å². The monoisotopic (exact) mass is 441 g/mol. The van der Waals surface area contributed by atoms with Gasteiger partial charge in [-0.1, -0.05) is 48.5 Å². The van der Waals surface area contributed by atoms with Gasteiger partial charge in [0.05, 0.1) is 16.8 Å². The number of rotatable bonds is 1. The van der Waals surface area contributed by atoms with E-state index in [9.17, 15) is 4.79 Å². The molecule has 0 saturated heterocycles. The van der Waals surface area contributed by atoms with Crippen molar-refractivity contribution in [2.75, 3.05) is 4.90 Å². The Kier molecular flexibility index (Phi) is 3.86. The molecule has 1 unspecified atom stereocenters. The topological polar surface area (TPSA) is 39.3 Å². The van der Waals surface area contributed by atoms with Crippen LogP contribution in [0.5, 0.6) is 0 Å². The van der Waals surface area contributed by atoms with E-state index in [1.165, 1.54) is 38.5 Å². The summed E-state index contributed by atoms with van der Waals surface area (Å²) in [6.45, 7) is 4.38. The van der Waals surface area contributed by atoms with Crippen LogP contribution in [0.3, 0.4) is 0 Å². The number of carbonyl (C=O) groups is 1. The molecule has 1 N–H and O–H groups in total. The number of hydrogen-bond acceptors (Lipinski definition) is 2. The number of aryl methyl sites for hydroxylation is 2. The summed E-state index contributed by atoms with van der Waals surface area (Å²) in [6, 6.07) is 26.8. The van der Waals surface area contributed by atoms with Gasteiger partial charge in [0.2, 0.25) is 0 Å². The normalized spacial score (nSPS) is 16.6. The Hall–Kier alpha value is -4.31. The smallest absolute Gasteiger partial charge is 0.261 e. The van der Waals surface area contributed by atoms with Crippen LogP contribution in [0.25, 0.3) is 27.9 Å². The maximum Gasteiger partial charge on any atom is 0.261 e. The molecule has 0 saturated carbocycles. The Morgan fingerprint density at radius 1 is 0.824 bits per heavy atom. The number of H-pyrrole nitrogens is 1. The van der Waals surface area contributed by atoms with Crippen LogP contribution in [-0.4, -0.2) is 15.8 Å². The molecule has 2 aliphatic heterocycles. The fraction of sp³-hybridized carbons (Fsp3) is 0.100. The molecule has 0 aliphatic carbocycles. The van der Waals surface area contributed by atoms with E-state index in [0.717, 1.165) is 22.5 Å². The molecule has 1 aromatic heterocycles. The zero-order valence-corrected chi connectivity index (χ0v) is 19.0. The highest BCUT2D eigenvalue weighted by Gasteiger charge is 2.42. The molecule has 1 atom stereocenters. The maximum atomic E-state index is 13.7. The zero-order chi connectivity index (χ0) is 23.0. The summed E-state index contributed by atoms with van der Waals surface area (Å²) >= 11 is 0. The van der Waals surface area contributed by atoms with Gasteiger partial charge >= 0.3 is 0 Å². The van der Waals surface area contributed by atoms with Crippen molar-refractivity contribution >= 4 is 45.2 Å². The van der Waals surface area contributed by atoms with E-state index < -0.39 is 0 Å². The van der Waals surface area contributed by atoms with E-state index in [-0.39, 0.29) is 12.1 Å². The number of para-hydroxylation sites is 3. The summed E-state index contributed by atoms with van der Waals surface area (Å²) in [4.78, 5) is 21.6. The van der Waals surface area contributed by atoms with Crippen molar-refractivity contribution < 1.29 is 4.79 Å². The molecule has 4 aromatic carbocycles. The highest BCUT2D eigenvalue weighted by atomic mass is 16.2. The predicted molar refractivity (Wildman–Crippen MR) is 138 cm³/mol. The second-order valence-electron chi connectivity index (χ2n) is 9.12. The lowest BCUT2D eigenvalue weighted by atomic mass is 9.86. The highest BCUT2D eigenvalue weighted by Crippen LogP contribution is 2.49. The third-order valence-corrected chi connectivity index (χ3v) is 7.39. The Balaban J connectivity index is 1.60. The van der Waals surface area contributed by atoms with E-state index in [1.54, 1.807) is 0 Å². The van der Waals surface area contributed by atoms with Crippen LogP contribution in [0.15, 0.2) is 85.1 Å². The van der Waals surface area contributed by atoms with Gasteiger partial charge in [0.15, 0.2) is 0 Å². The molecule has 7 rings (SSSR count). The first-order valence-electron chi connectivity index (χ1n) is 11.6. The number of nitrogens with one attached hydrogen (secondary N) is 1. The Bertz CT molecular complexity index is 1660. The fourth-order valence-corrected chi connectivity index (χ4v) is 5.85. The van der Waals surface area contributed by atoms with Gasteiger partial charge in [0.1, 0.15) is 6.17 Å². The molecular weight excluding hydrogens is 418 g/mol. The second kappa shape index (κ2) is 6.84. The summed E-state index contributed by atoms with van der Waals surface area (Å²) in [5.41, 5.74) is 9.82. The van der Waals surface area contributed by atoms with Crippen molar-refractivity contribution in [2.45, 2.75) is 20.0 Å². The molecule has 3 heterocycles. The summed E-state index contributed by atoms with van der Waals surface area (Å²) in [5.74, 6) is 0.0331. The quantitative estimate of drug-likeness (QED) is 0.298. The number of nitrogens with zero attached hydrogens (tertiary/aromatic N) is 2. The average molecular weight is 442 g/mol. The third-order valence-electron chi connectivity index (χ3n) is 7.39. The lowest BCUT2D eigenvalue weighted by molar-refractivity contribution is 0.0753. The molecule has 0 spiro atoms. The van der Waals surface area contributed by atoms with Crippen molar-refractivity contribution in [3.8, 4) is 0 Å². The number of aromatic nitrogens is 1. The molecule has 1 amide bonds. The van der Waals surface area contributed by atoms with Crippen LogP contribution in [-0.2, 0) is 0 Å². The molecule has 2 aliphatic rings. The van der Waals surface area contributed by atoms with Gasteiger partial charge in [-0.25, -0.2) is 0 Å². The molecule has 4 heteroatoms. The standard InChI is InChI=1S/C30H23N3O/c1-18-21-16-17-32-29(27(21)19(2)26-22-12-6-8-14-24(22)31-28(18)26)33(20-10-4-3-5-11-20)25-15-9-7-13-23(25)30(32)34/h3-17,29,31H,1-2H3. The summed E-state index contributed by atoms with van der Waals surface area (Å²) < 4.78 is 0. The summed E-state index contributed by atoms with van der Waals surface area (Å²) in [5, 5.41) is 2.46. The molecule has 5 aromatic rings. The van der Waals surface area contributed by atoms with Crippen molar-refractivity contribution in [3.63, 3.8) is 0 Å². The van der Waals surface area contributed by atoms with E-state index >= 15 is 0 Å². The Morgan fingerprint density at radius 3 is 2.41 bits per heavy atom. The molecule has 34 heavy (non-hydrogen) atoms. The van der Waals surface area contributed by atoms with Gasteiger partial charge < -0.3 is 9.88 Å². The van der Waals surface area contributed by atoms with Crippen LogP contribution < -0.4 is 4.90 Å². The van der Waals surface area contributed by atoms with E-state index in [1.807, 2.05) is 35.4 Å². The first-order valence-corrected chi connectivity index (χ1v) is 11.6. The lowest BCUT2D eigenvalue weighted by Crippen LogP contribution is -2.46. The number of benzene rings is 4. The van der Waals surface area contributed by atoms with Crippen molar-refractivity contribution in [2.24, 2.45) is 0 Å². The van der Waals surface area contributed by atoms with E-state index in [0.29, 0.717) is 0 Å². The van der Waals surface area contributed by atoms with Gasteiger partial charge in [-0.15, -0.1) is 0 Å². The zero-order valence-electron chi connectivity index (χ0n) is 19.0. The Labute approximate surface area is 197 Å². The molecular formula is C30H23N3O. The molecule has 0 radical (unpaired) electrons. The number of anilines is 2. The predicted octanol–water partition coefficient (Wildman–Crippen LogP) is 7.21. The average Bonchev–Trinajstić information content (AvgIpc) is 3.28. The number of carbonyl (C=O) groups excluding carboxylic acids is 1. The van der Waals surface area contributed by atoms with E-state index in [2.05, 4.69) is 84.4 Å². The van der Waals surface area contributed by atoms with Crippen LogP contribution >= 0.6 is 0 Å².